The van der Waals surface area contributed by atoms with E-state index in [1.54, 1.807) is 22.8 Å². The van der Waals surface area contributed by atoms with Crippen LogP contribution in [0.15, 0.2) is 46.7 Å². The summed E-state index contributed by atoms with van der Waals surface area (Å²) in [6.45, 7) is 2.73. The number of hydrogen-bond acceptors (Lipinski definition) is 7. The molecular formula is C22H24N6O3S2. The summed E-state index contributed by atoms with van der Waals surface area (Å²) in [6, 6.07) is 12.8. The molecule has 1 aliphatic carbocycles. The molecule has 2 fully saturated rings. The van der Waals surface area contributed by atoms with E-state index >= 15 is 0 Å². The Morgan fingerprint density at radius 2 is 1.79 bits per heavy atom. The molecule has 11 heteroatoms. The van der Waals surface area contributed by atoms with Gasteiger partial charge in [0, 0.05) is 30.4 Å². The number of nitrogens with two attached hydrogens (primary N) is 1. The highest BCUT2D eigenvalue weighted by Gasteiger charge is 2.34. The number of nitrogen functional groups attached to an aromatic ring is 1. The van der Waals surface area contributed by atoms with E-state index in [1.165, 1.54) is 0 Å². The van der Waals surface area contributed by atoms with E-state index in [-0.39, 0.29) is 16.3 Å². The van der Waals surface area contributed by atoms with Gasteiger partial charge in [-0.25, -0.2) is 27.9 Å². The average molecular weight is 485 g/mol. The fourth-order valence-electron chi connectivity index (χ4n) is 3.77. The largest absolute Gasteiger partial charge is 0.384 e. The molecule has 0 radical (unpaired) electrons. The summed E-state index contributed by atoms with van der Waals surface area (Å²) in [5.41, 5.74) is 8.62. The summed E-state index contributed by atoms with van der Waals surface area (Å²) in [7, 11) is -3.62. The van der Waals surface area contributed by atoms with Crippen LogP contribution < -0.4 is 20.3 Å². The van der Waals surface area contributed by atoms with Gasteiger partial charge in [0.25, 0.3) is 10.0 Å². The number of aromatic nitrogens is 2. The van der Waals surface area contributed by atoms with Gasteiger partial charge in [-0.15, -0.1) is 0 Å². The van der Waals surface area contributed by atoms with Gasteiger partial charge in [-0.3, -0.25) is 9.80 Å². The van der Waals surface area contributed by atoms with E-state index < -0.39 is 10.0 Å². The molecule has 2 aromatic heterocycles. The van der Waals surface area contributed by atoms with Crippen LogP contribution in [0.5, 0.6) is 0 Å². The SMILES string of the molecule is Cc1nc(N2CCCN(c3ccc(-c4cccc(N)n4)cc3)C2=O)sc1S(=O)(=O)NC1CC1. The fourth-order valence-corrected chi connectivity index (χ4v) is 6.62. The number of anilines is 3. The minimum Gasteiger partial charge on any atom is -0.384 e. The minimum absolute atomic E-state index is 0.0116. The molecule has 9 nitrogen and oxygen atoms in total. The van der Waals surface area contributed by atoms with Gasteiger partial charge in [-0.1, -0.05) is 29.5 Å². The molecule has 3 aromatic rings. The highest BCUT2D eigenvalue weighted by atomic mass is 32.2. The summed E-state index contributed by atoms with van der Waals surface area (Å²) in [6.07, 6.45) is 2.46. The maximum absolute atomic E-state index is 13.3. The summed E-state index contributed by atoms with van der Waals surface area (Å²) >= 11 is 1.04. The van der Waals surface area contributed by atoms with Crippen molar-refractivity contribution in [3.8, 4) is 11.3 Å². The predicted octanol–water partition coefficient (Wildman–Crippen LogP) is 3.37. The van der Waals surface area contributed by atoms with Crippen LogP contribution in [0.2, 0.25) is 0 Å². The van der Waals surface area contributed by atoms with Gasteiger partial charge in [0.05, 0.1) is 11.4 Å². The number of carbonyl (C=O) groups is 1. The lowest BCUT2D eigenvalue weighted by Crippen LogP contribution is -2.49. The monoisotopic (exact) mass is 484 g/mol. The molecule has 3 N–H and O–H groups in total. The molecule has 1 saturated carbocycles. The van der Waals surface area contributed by atoms with Gasteiger partial charge in [-0.05, 0) is 50.5 Å². The molecule has 0 unspecified atom stereocenters. The Kier molecular flexibility index (Phi) is 5.55. The van der Waals surface area contributed by atoms with Crippen LogP contribution in [-0.2, 0) is 10.0 Å². The van der Waals surface area contributed by atoms with Gasteiger partial charge in [0.2, 0.25) is 0 Å². The van der Waals surface area contributed by atoms with E-state index in [4.69, 9.17) is 5.73 Å². The van der Waals surface area contributed by atoms with E-state index in [0.717, 1.165) is 47.5 Å². The number of nitrogens with zero attached hydrogens (tertiary/aromatic N) is 4. The van der Waals surface area contributed by atoms with Gasteiger partial charge in [0.1, 0.15) is 5.82 Å². The lowest BCUT2D eigenvalue weighted by molar-refractivity contribution is 0.248. The van der Waals surface area contributed by atoms with Crippen LogP contribution in [0.1, 0.15) is 25.0 Å². The third kappa shape index (κ3) is 4.43. The Morgan fingerprint density at radius 3 is 2.48 bits per heavy atom. The van der Waals surface area contributed by atoms with Gasteiger partial charge >= 0.3 is 6.03 Å². The van der Waals surface area contributed by atoms with Crippen molar-refractivity contribution in [1.29, 1.82) is 0 Å². The third-order valence-corrected chi connectivity index (χ3v) is 8.90. The maximum Gasteiger partial charge on any atom is 0.330 e. The zero-order valence-corrected chi connectivity index (χ0v) is 19.7. The van der Waals surface area contributed by atoms with Crippen molar-refractivity contribution in [2.24, 2.45) is 0 Å². The van der Waals surface area contributed by atoms with Crippen LogP contribution in [0.4, 0.5) is 21.4 Å². The van der Waals surface area contributed by atoms with Crippen molar-refractivity contribution in [3.63, 3.8) is 0 Å². The zero-order chi connectivity index (χ0) is 23.2. The Labute approximate surface area is 196 Å². The van der Waals surface area contributed by atoms with Crippen LogP contribution in [-0.4, -0.2) is 43.5 Å². The van der Waals surface area contributed by atoms with Crippen LogP contribution >= 0.6 is 11.3 Å². The molecule has 0 spiro atoms. The molecule has 5 rings (SSSR count). The lowest BCUT2D eigenvalue weighted by atomic mass is 10.1. The number of urea groups is 1. The molecule has 3 heterocycles. The average Bonchev–Trinajstić information content (AvgIpc) is 3.51. The number of benzene rings is 1. The van der Waals surface area contributed by atoms with Crippen molar-refractivity contribution in [2.75, 3.05) is 28.6 Å². The summed E-state index contributed by atoms with van der Waals surface area (Å²) in [4.78, 5) is 25.3. The summed E-state index contributed by atoms with van der Waals surface area (Å²) < 4.78 is 28.2. The number of pyridine rings is 1. The number of hydrogen-bond donors (Lipinski definition) is 2. The molecule has 1 aliphatic heterocycles. The first-order valence-corrected chi connectivity index (χ1v) is 13.0. The second kappa shape index (κ2) is 8.40. The Balaban J connectivity index is 1.37. The van der Waals surface area contributed by atoms with Crippen LogP contribution in [0.3, 0.4) is 0 Å². The van der Waals surface area contributed by atoms with E-state index in [0.29, 0.717) is 29.7 Å². The number of aryl methyl sites for hydroxylation is 1. The van der Waals surface area contributed by atoms with Crippen LogP contribution in [0.25, 0.3) is 11.3 Å². The molecule has 172 valence electrons. The van der Waals surface area contributed by atoms with Crippen LogP contribution in [0, 0.1) is 6.92 Å². The van der Waals surface area contributed by atoms with E-state index in [9.17, 15) is 13.2 Å². The highest BCUT2D eigenvalue weighted by molar-refractivity contribution is 7.91. The Bertz CT molecular complexity index is 1300. The molecule has 0 bridgehead atoms. The first kappa shape index (κ1) is 21.8. The maximum atomic E-state index is 13.3. The number of nitrogens with one attached hydrogen (secondary N) is 1. The van der Waals surface area contributed by atoms with E-state index in [1.807, 2.05) is 36.4 Å². The lowest BCUT2D eigenvalue weighted by Gasteiger charge is -2.34. The molecule has 2 aliphatic rings. The molecule has 1 aromatic carbocycles. The number of sulfonamides is 1. The van der Waals surface area contributed by atoms with Gasteiger partial charge in [-0.2, -0.15) is 0 Å². The number of amides is 2. The van der Waals surface area contributed by atoms with Gasteiger partial charge in [0.15, 0.2) is 9.34 Å². The number of thiazole rings is 1. The first-order valence-electron chi connectivity index (χ1n) is 10.7. The highest BCUT2D eigenvalue weighted by Crippen LogP contribution is 2.34. The van der Waals surface area contributed by atoms with Crippen molar-refractivity contribution < 1.29 is 13.2 Å². The second-order valence-electron chi connectivity index (χ2n) is 8.20. The molecule has 0 atom stereocenters. The first-order chi connectivity index (χ1) is 15.8. The fraction of sp³-hybridized carbons (Fsp3) is 0.318. The van der Waals surface area contributed by atoms with Gasteiger partial charge < -0.3 is 5.73 Å². The predicted molar refractivity (Wildman–Crippen MR) is 129 cm³/mol. The second-order valence-corrected chi connectivity index (χ2v) is 11.1. The van der Waals surface area contributed by atoms with Crippen molar-refractivity contribution >= 4 is 44.0 Å². The molecule has 2 amide bonds. The number of rotatable bonds is 6. The zero-order valence-electron chi connectivity index (χ0n) is 18.1. The Morgan fingerprint density at radius 1 is 1.06 bits per heavy atom. The van der Waals surface area contributed by atoms with Crippen molar-refractivity contribution in [1.82, 2.24) is 14.7 Å². The molecule has 1 saturated heterocycles. The summed E-state index contributed by atoms with van der Waals surface area (Å²) in [5, 5.41) is 0.402. The number of carbonyl (C=O) groups excluding carboxylic acids is 1. The van der Waals surface area contributed by atoms with E-state index in [2.05, 4.69) is 14.7 Å². The topological polar surface area (TPSA) is 122 Å². The standard InChI is InChI=1S/C22H24N6O3S2/c1-14-20(33(30,31)26-16-8-9-16)32-21(24-14)28-13-3-12-27(22(28)29)17-10-6-15(7-11-17)18-4-2-5-19(23)25-18/h2,4-7,10-11,16,26H,3,8-9,12-13H2,1H3,(H2,23,25). The van der Waals surface area contributed by atoms with Crippen molar-refractivity contribution in [2.45, 2.75) is 36.4 Å². The van der Waals surface area contributed by atoms with Crippen molar-refractivity contribution in [3.05, 3.63) is 48.2 Å². The third-order valence-electron chi connectivity index (χ3n) is 5.59. The Hall–Kier alpha value is -3.02. The minimum atomic E-state index is -3.62. The smallest absolute Gasteiger partial charge is 0.330 e. The quantitative estimate of drug-likeness (QED) is 0.553. The molecule has 33 heavy (non-hydrogen) atoms. The summed E-state index contributed by atoms with van der Waals surface area (Å²) in [5.74, 6) is 0.450. The normalized spacial score (nSPS) is 16.9. The molecular weight excluding hydrogens is 460 g/mol.